The van der Waals surface area contributed by atoms with E-state index in [0.717, 1.165) is 98.0 Å². The van der Waals surface area contributed by atoms with E-state index in [2.05, 4.69) is 29.1 Å². The fourth-order valence-electron chi connectivity index (χ4n) is 12.2. The van der Waals surface area contributed by atoms with Crippen LogP contribution in [0.15, 0.2) is 102 Å². The molecule has 4 aromatic carbocycles. The van der Waals surface area contributed by atoms with Gasteiger partial charge in [0, 0.05) is 13.1 Å². The second kappa shape index (κ2) is 33.7. The van der Waals surface area contributed by atoms with Gasteiger partial charge < -0.3 is 77.5 Å². The van der Waals surface area contributed by atoms with Crippen molar-refractivity contribution >= 4 is 36.3 Å². The topological polar surface area (TPSA) is 264 Å². The molecule has 0 aromatic heterocycles. The van der Waals surface area contributed by atoms with Gasteiger partial charge in [-0.25, -0.2) is 18.9 Å². The fourth-order valence-corrected chi connectivity index (χ4v) is 12.5. The summed E-state index contributed by atoms with van der Waals surface area (Å²) >= 11 is 0. The molecule has 4 N–H and O–H groups in total. The van der Waals surface area contributed by atoms with E-state index < -0.39 is 48.2 Å². The van der Waals surface area contributed by atoms with Gasteiger partial charge in [-0.2, -0.15) is 10.1 Å². The number of nitrogens with one attached hydrogen (secondary N) is 2. The van der Waals surface area contributed by atoms with E-state index in [9.17, 15) is 24.6 Å². The van der Waals surface area contributed by atoms with Crippen LogP contribution in [0.4, 0.5) is 14.4 Å². The zero-order chi connectivity index (χ0) is 63.5. The van der Waals surface area contributed by atoms with Crippen molar-refractivity contribution in [3.05, 3.63) is 119 Å². The number of aliphatic hydroxyl groups excluding tert-OH is 2. The standard InChI is InChI=1S/C30H38N2O8.C28H38N2O6.C7H11NO5P2/c33-25(17-32(40-22-8-4-5-9-22)16-21-10-11-26-27(15-21)38-19-37-26)24(14-20-6-2-1-3-7-20)31-30(34)39-28-18-36-29-23(28)12-13-35-29;1-28(2,3)35-27(32)29-23(15-20-9-5-4-6-10-20)24(31)18-30(36-22-11-7-8-12-22)17-21-13-14-25-26(16-21)34-19-33-25;9-7(13-15-8-14)12-5-3-11-6-4(5)1-2-10-6/h1-3,6-7,10-11,15,22-25,28-29,33H,4-5,8-9,12-14,16-19H2,(H,31,34);4-6,9-10,13-14,16,22-24,31H,7-8,11-12,15,17-19H2,1-3H3,(H,29,32);4-6H,1-3,14H2. The highest BCUT2D eigenvalue weighted by Crippen LogP contribution is 2.37. The van der Waals surface area contributed by atoms with Crippen LogP contribution >= 0.6 is 18.0 Å². The summed E-state index contributed by atoms with van der Waals surface area (Å²) in [5, 5.41) is 32.3. The zero-order valence-corrected chi connectivity index (χ0v) is 54.0. The molecular weight excluding hydrogens is 1220 g/mol. The van der Waals surface area contributed by atoms with Crippen LogP contribution in [0.5, 0.6) is 23.0 Å². The Morgan fingerprint density at radius 3 is 1.51 bits per heavy atom. The summed E-state index contributed by atoms with van der Waals surface area (Å²) in [7, 11) is 2.31. The number of hydroxylamine groups is 4. The van der Waals surface area contributed by atoms with Crippen LogP contribution in [-0.4, -0.2) is 159 Å². The van der Waals surface area contributed by atoms with Gasteiger partial charge in [-0.1, -0.05) is 98.5 Å². The van der Waals surface area contributed by atoms with E-state index in [0.29, 0.717) is 63.9 Å². The molecule has 0 bridgehead atoms. The van der Waals surface area contributed by atoms with Crippen molar-refractivity contribution in [2.24, 2.45) is 16.4 Å². The molecule has 2 amide bonds. The van der Waals surface area contributed by atoms with Gasteiger partial charge >= 0.3 is 18.3 Å². The summed E-state index contributed by atoms with van der Waals surface area (Å²) in [5.74, 6) is 3.05. The minimum atomic E-state index is -0.925. The van der Waals surface area contributed by atoms with Gasteiger partial charge in [0.25, 0.3) is 8.60 Å². The predicted octanol–water partition coefficient (Wildman–Crippen LogP) is 9.88. The predicted molar refractivity (Wildman–Crippen MR) is 333 cm³/mol. The van der Waals surface area contributed by atoms with Gasteiger partial charge in [0.2, 0.25) is 13.6 Å². The maximum Gasteiger partial charge on any atom is 0.518 e. The van der Waals surface area contributed by atoms with Crippen molar-refractivity contribution in [2.45, 2.75) is 178 Å². The summed E-state index contributed by atoms with van der Waals surface area (Å²) in [6.07, 6.45) is 6.49. The number of aliphatic hydroxyl groups is 2. The summed E-state index contributed by atoms with van der Waals surface area (Å²) in [6.45, 7) is 9.17. The molecule has 24 nitrogen and oxygen atoms in total. The van der Waals surface area contributed by atoms with E-state index >= 15 is 0 Å². The average Bonchev–Trinajstić information content (AvgIpc) is 2.80. The highest BCUT2D eigenvalue weighted by atomic mass is 31.1. The Labute approximate surface area is 535 Å². The molecule has 4 saturated heterocycles. The third-order valence-electron chi connectivity index (χ3n) is 16.7. The number of nitrogens with zero attached hydrogens (tertiary/aromatic N) is 3. The normalized spacial score (nSPS) is 23.6. The summed E-state index contributed by atoms with van der Waals surface area (Å²) in [4.78, 5) is 49.5. The van der Waals surface area contributed by atoms with Gasteiger partial charge in [-0.3, -0.25) is 9.68 Å². The minimum Gasteiger partial charge on any atom is -0.454 e. The molecule has 8 aliphatic rings. The van der Waals surface area contributed by atoms with E-state index in [1.807, 2.05) is 128 Å². The molecule has 6 fully saturated rings. The lowest BCUT2D eigenvalue weighted by Crippen LogP contribution is -2.50. The first-order valence-electron chi connectivity index (χ1n) is 31.6. The van der Waals surface area contributed by atoms with Crippen molar-refractivity contribution in [2.75, 3.05) is 53.1 Å². The van der Waals surface area contributed by atoms with Crippen molar-refractivity contribution in [3.63, 3.8) is 0 Å². The Morgan fingerprint density at radius 2 is 1.04 bits per heavy atom. The van der Waals surface area contributed by atoms with E-state index in [1.54, 1.807) is 0 Å². The Hall–Kier alpha value is -5.98. The van der Waals surface area contributed by atoms with Crippen LogP contribution < -0.4 is 29.6 Å². The van der Waals surface area contributed by atoms with Crippen LogP contribution in [0.2, 0.25) is 0 Å². The minimum absolute atomic E-state index is 0.0419. The number of hydrogen-bond acceptors (Lipinski definition) is 22. The molecule has 2 aliphatic carbocycles. The lowest BCUT2D eigenvalue weighted by molar-refractivity contribution is -0.215. The molecule has 26 heteroatoms. The Morgan fingerprint density at radius 1 is 0.593 bits per heavy atom. The number of ether oxygens (including phenoxy) is 11. The van der Waals surface area contributed by atoms with Gasteiger partial charge in [0.15, 0.2) is 35.6 Å². The number of fused-ring (bicyclic) bond motifs is 4. The first kappa shape index (κ1) is 67.9. The number of amides is 2. The van der Waals surface area contributed by atoms with Gasteiger partial charge in [-0.15, -0.1) is 0 Å². The third kappa shape index (κ3) is 20.8. The first-order chi connectivity index (χ1) is 44.2. The number of alkyl carbamates (subject to hydrolysis) is 2. The van der Waals surface area contributed by atoms with Crippen LogP contribution in [0.3, 0.4) is 0 Å². The maximum absolute atomic E-state index is 13.0. The largest absolute Gasteiger partial charge is 0.518 e. The highest BCUT2D eigenvalue weighted by molar-refractivity contribution is 7.31. The molecule has 2 saturated carbocycles. The number of carbonyl (C=O) groups excluding carboxylic acids is 3. The van der Waals surface area contributed by atoms with E-state index in [-0.39, 0.29) is 84.1 Å². The molecule has 0 spiro atoms. The maximum atomic E-state index is 13.0. The molecule has 0 radical (unpaired) electrons. The number of benzene rings is 4. The van der Waals surface area contributed by atoms with Gasteiger partial charge in [0.05, 0.1) is 87.9 Å². The zero-order valence-electron chi connectivity index (χ0n) is 51.9. The van der Waals surface area contributed by atoms with Crippen molar-refractivity contribution in [1.29, 1.82) is 0 Å². The SMILES string of the molecule is CC(C)(C)OC(=O)NC(Cc1ccccc1)C(O)CN(Cc1ccc2c(c1)OCO2)OC1CCCC1.O=C(NC(Cc1ccccc1)C(O)CN(Cc1ccc2c(c1)OCO2)OC1CCCC1)OC1COC2OCCC12.O=C(OP=NP)OC1COC2OCCC12. The third-order valence-corrected chi connectivity index (χ3v) is 17.4. The number of carbonyl (C=O) groups is 3. The average molecular weight is 1300 g/mol. The molecule has 91 heavy (non-hydrogen) atoms. The van der Waals surface area contributed by atoms with Crippen LogP contribution in [0.25, 0.3) is 0 Å². The second-order valence-electron chi connectivity index (χ2n) is 24.8. The molecule has 6 heterocycles. The molecule has 12 rings (SSSR count). The fraction of sp³-hybridized carbons (Fsp3) is 0.585. The van der Waals surface area contributed by atoms with Crippen molar-refractivity contribution < 1.29 is 90.9 Å². The van der Waals surface area contributed by atoms with E-state index in [1.165, 1.54) is 0 Å². The quantitative estimate of drug-likeness (QED) is 0.0233. The molecule has 6 aliphatic heterocycles. The molecule has 496 valence electrons. The Kier molecular flexibility index (Phi) is 25.2. The molecule has 11 atom stereocenters. The van der Waals surface area contributed by atoms with Crippen LogP contribution in [0.1, 0.15) is 107 Å². The Bertz CT molecular complexity index is 2960. The lowest BCUT2D eigenvalue weighted by atomic mass is 10.0. The van der Waals surface area contributed by atoms with Crippen molar-refractivity contribution in [1.82, 2.24) is 20.8 Å². The molecule has 4 aromatic rings. The molecular formula is C65H87N5O19P2. The highest BCUT2D eigenvalue weighted by Gasteiger charge is 2.45. The van der Waals surface area contributed by atoms with Gasteiger partial charge in [0.1, 0.15) is 17.8 Å². The molecule has 11 unspecified atom stereocenters. The second-order valence-corrected chi connectivity index (χ2v) is 26.0. The summed E-state index contributed by atoms with van der Waals surface area (Å²) < 4.78 is 68.2. The lowest BCUT2D eigenvalue weighted by Gasteiger charge is -2.32. The van der Waals surface area contributed by atoms with Gasteiger partial charge in [-0.05, 0) is 128 Å². The Balaban J connectivity index is 0.000000164. The monoisotopic (exact) mass is 1300 g/mol. The van der Waals surface area contributed by atoms with E-state index in [4.69, 9.17) is 61.8 Å². The van der Waals surface area contributed by atoms with Crippen LogP contribution in [0, 0.1) is 11.8 Å². The smallest absolute Gasteiger partial charge is 0.454 e. The van der Waals surface area contributed by atoms with Crippen molar-refractivity contribution in [3.8, 4) is 23.0 Å². The number of rotatable bonds is 23. The number of hydrogen-bond donors (Lipinski definition) is 4. The van der Waals surface area contributed by atoms with Crippen LogP contribution in [-0.2, 0) is 73.3 Å². The summed E-state index contributed by atoms with van der Waals surface area (Å²) in [5.41, 5.74) is 3.35. The first-order valence-corrected chi connectivity index (χ1v) is 32.9. The summed E-state index contributed by atoms with van der Waals surface area (Å²) in [6, 6.07) is 30.1.